The van der Waals surface area contributed by atoms with Gasteiger partial charge in [-0.25, -0.2) is 12.8 Å². The van der Waals surface area contributed by atoms with Gasteiger partial charge in [0.15, 0.2) is 0 Å². The van der Waals surface area contributed by atoms with Gasteiger partial charge in [-0.3, -0.25) is 19.7 Å². The summed E-state index contributed by atoms with van der Waals surface area (Å²) < 4.78 is 47.6. The Morgan fingerprint density at radius 1 is 1.03 bits per heavy atom. The molecule has 3 aliphatic heterocycles. The number of carbonyl (C=O) groups is 3. The number of hydrogen-bond acceptors (Lipinski definition) is 7. The monoisotopic (exact) mass is 516 g/mol. The lowest BCUT2D eigenvalue weighted by Crippen LogP contribution is -2.52. The Labute approximate surface area is 207 Å². The van der Waals surface area contributed by atoms with Crippen LogP contribution in [0.4, 0.5) is 10.1 Å². The van der Waals surface area contributed by atoms with Crippen LogP contribution >= 0.6 is 0 Å². The number of piperidine rings is 1. The minimum absolute atomic E-state index is 0.138. The normalized spacial score (nSPS) is 20.9. The van der Waals surface area contributed by atoms with Gasteiger partial charge in [-0.05, 0) is 48.4 Å². The number of carbonyl (C=O) groups excluding carboxylic acids is 3. The summed E-state index contributed by atoms with van der Waals surface area (Å²) in [5, 5.41) is 2.25. The van der Waals surface area contributed by atoms with Gasteiger partial charge in [0.05, 0.1) is 17.7 Å². The molecule has 5 rings (SSSR count). The second-order valence-electron chi connectivity index (χ2n) is 8.93. The summed E-state index contributed by atoms with van der Waals surface area (Å²) >= 11 is 0. The second kappa shape index (κ2) is 9.17. The molecule has 0 bridgehead atoms. The number of benzene rings is 2. The molecular weight excluding hydrogens is 491 g/mol. The van der Waals surface area contributed by atoms with Crippen molar-refractivity contribution >= 4 is 33.4 Å². The van der Waals surface area contributed by atoms with Crippen LogP contribution in [0, 0.1) is 5.82 Å². The number of amides is 3. The summed E-state index contributed by atoms with van der Waals surface area (Å²) in [5.41, 5.74) is 1.07. The lowest BCUT2D eigenvalue weighted by atomic mass is 10.0. The van der Waals surface area contributed by atoms with Gasteiger partial charge in [-0.2, -0.15) is 4.31 Å². The molecule has 3 amide bonds. The summed E-state index contributed by atoms with van der Waals surface area (Å²) in [5.74, 6) is -1.37. The molecule has 36 heavy (non-hydrogen) atoms. The van der Waals surface area contributed by atoms with Crippen LogP contribution < -0.4 is 15.0 Å². The summed E-state index contributed by atoms with van der Waals surface area (Å²) in [6, 6.07) is 8.16. The van der Waals surface area contributed by atoms with Crippen LogP contribution in [0.25, 0.3) is 0 Å². The maximum atomic E-state index is 15.1. The van der Waals surface area contributed by atoms with Crippen molar-refractivity contribution in [3.05, 3.63) is 53.3 Å². The summed E-state index contributed by atoms with van der Waals surface area (Å²) in [7, 11) is -2.20. The van der Waals surface area contributed by atoms with E-state index in [4.69, 9.17) is 4.74 Å². The molecule has 2 saturated heterocycles. The molecule has 10 nitrogen and oxygen atoms in total. The van der Waals surface area contributed by atoms with E-state index in [1.54, 1.807) is 23.1 Å². The highest BCUT2D eigenvalue weighted by molar-refractivity contribution is 7.89. The molecule has 1 N–H and O–H groups in total. The molecule has 3 heterocycles. The van der Waals surface area contributed by atoms with Gasteiger partial charge in [0.1, 0.15) is 17.6 Å². The number of nitrogens with one attached hydrogen (secondary N) is 1. The van der Waals surface area contributed by atoms with E-state index in [9.17, 15) is 22.8 Å². The fourth-order valence-electron chi connectivity index (χ4n) is 4.88. The number of piperazine rings is 1. The Morgan fingerprint density at radius 2 is 1.72 bits per heavy atom. The van der Waals surface area contributed by atoms with Crippen LogP contribution in [0.1, 0.15) is 28.8 Å². The first-order valence-corrected chi connectivity index (χ1v) is 13.0. The van der Waals surface area contributed by atoms with Crippen LogP contribution in [-0.4, -0.2) is 74.7 Å². The van der Waals surface area contributed by atoms with E-state index in [2.05, 4.69) is 5.32 Å². The van der Waals surface area contributed by atoms with Crippen molar-refractivity contribution in [3.8, 4) is 5.75 Å². The van der Waals surface area contributed by atoms with Crippen molar-refractivity contribution < 1.29 is 31.9 Å². The van der Waals surface area contributed by atoms with Crippen molar-refractivity contribution in [2.45, 2.75) is 30.3 Å². The molecule has 0 saturated carbocycles. The van der Waals surface area contributed by atoms with Gasteiger partial charge < -0.3 is 14.5 Å². The second-order valence-corrected chi connectivity index (χ2v) is 10.9. The third-order valence-corrected chi connectivity index (χ3v) is 8.78. The Hall–Kier alpha value is -3.51. The van der Waals surface area contributed by atoms with E-state index in [1.807, 2.05) is 0 Å². The zero-order valence-corrected chi connectivity index (χ0v) is 20.4. The Morgan fingerprint density at radius 3 is 2.36 bits per heavy atom. The van der Waals surface area contributed by atoms with E-state index < -0.39 is 33.7 Å². The van der Waals surface area contributed by atoms with Crippen LogP contribution in [0.3, 0.4) is 0 Å². The lowest BCUT2D eigenvalue weighted by molar-refractivity contribution is -0.136. The predicted octanol–water partition coefficient (Wildman–Crippen LogP) is 1.11. The third kappa shape index (κ3) is 4.20. The first-order chi connectivity index (χ1) is 17.2. The number of rotatable bonds is 5. The van der Waals surface area contributed by atoms with Crippen molar-refractivity contribution in [1.82, 2.24) is 14.5 Å². The van der Waals surface area contributed by atoms with Crippen molar-refractivity contribution in [2.24, 2.45) is 0 Å². The first-order valence-electron chi connectivity index (χ1n) is 11.6. The zero-order valence-electron chi connectivity index (χ0n) is 19.6. The molecule has 12 heteroatoms. The quantitative estimate of drug-likeness (QED) is 0.592. The number of fused-ring (bicyclic) bond motifs is 1. The maximum Gasteiger partial charge on any atom is 0.255 e. The molecule has 1 unspecified atom stereocenters. The lowest BCUT2D eigenvalue weighted by Gasteiger charge is -2.35. The number of anilines is 1. The minimum atomic E-state index is -3.70. The number of methoxy groups -OCH3 is 1. The molecule has 2 fully saturated rings. The van der Waals surface area contributed by atoms with Gasteiger partial charge in [-0.15, -0.1) is 0 Å². The van der Waals surface area contributed by atoms with Crippen molar-refractivity contribution in [3.63, 3.8) is 0 Å². The standard InChI is InChI=1S/C24H25FN4O6S/c1-35-16-2-4-17(5-3-16)36(33,34)28-10-8-27(9-11-28)21-12-15-14-29(24(32)18(15)13-19(21)25)20-6-7-22(30)26-23(20)31/h2-5,12-13,20H,6-11,14H2,1H3,(H,26,30,31). The van der Waals surface area contributed by atoms with Gasteiger partial charge >= 0.3 is 0 Å². The number of sulfonamides is 1. The topological polar surface area (TPSA) is 116 Å². The predicted molar refractivity (Wildman–Crippen MR) is 126 cm³/mol. The van der Waals surface area contributed by atoms with Crippen molar-refractivity contribution in [1.29, 1.82) is 0 Å². The smallest absolute Gasteiger partial charge is 0.255 e. The highest BCUT2D eigenvalue weighted by Gasteiger charge is 2.40. The van der Waals surface area contributed by atoms with Crippen molar-refractivity contribution in [2.75, 3.05) is 38.2 Å². The van der Waals surface area contributed by atoms with Gasteiger partial charge in [0, 0.05) is 44.7 Å². The first kappa shape index (κ1) is 24.2. The molecule has 2 aromatic carbocycles. The molecule has 3 aliphatic rings. The summed E-state index contributed by atoms with van der Waals surface area (Å²) in [6.45, 7) is 1.03. The number of imide groups is 1. The highest BCUT2D eigenvalue weighted by Crippen LogP contribution is 2.33. The molecule has 0 radical (unpaired) electrons. The van der Waals surface area contributed by atoms with E-state index in [-0.39, 0.29) is 67.6 Å². The molecule has 1 atom stereocenters. The van der Waals surface area contributed by atoms with E-state index in [0.717, 1.165) is 0 Å². The van der Waals surface area contributed by atoms with Gasteiger partial charge in [0.25, 0.3) is 5.91 Å². The average Bonchev–Trinajstić information content (AvgIpc) is 3.18. The largest absolute Gasteiger partial charge is 0.497 e. The number of halogens is 1. The Kier molecular flexibility index (Phi) is 6.17. The number of nitrogens with zero attached hydrogens (tertiary/aromatic N) is 3. The van der Waals surface area contributed by atoms with Gasteiger partial charge in [-0.1, -0.05) is 0 Å². The van der Waals surface area contributed by atoms with E-state index in [1.165, 1.54) is 34.5 Å². The van der Waals surface area contributed by atoms with E-state index in [0.29, 0.717) is 11.3 Å². The number of hydrogen-bond donors (Lipinski definition) is 1. The molecular formula is C24H25FN4O6S. The average molecular weight is 517 g/mol. The molecule has 0 spiro atoms. The maximum absolute atomic E-state index is 15.1. The summed E-state index contributed by atoms with van der Waals surface area (Å²) in [4.78, 5) is 39.9. The van der Waals surface area contributed by atoms with Crippen LogP contribution in [0.2, 0.25) is 0 Å². The van der Waals surface area contributed by atoms with Crippen LogP contribution in [0.15, 0.2) is 41.3 Å². The minimum Gasteiger partial charge on any atom is -0.497 e. The Bertz CT molecular complexity index is 1340. The zero-order chi connectivity index (χ0) is 25.6. The third-order valence-electron chi connectivity index (χ3n) is 6.87. The highest BCUT2D eigenvalue weighted by atomic mass is 32.2. The fourth-order valence-corrected chi connectivity index (χ4v) is 6.31. The molecule has 2 aromatic rings. The summed E-state index contributed by atoms with van der Waals surface area (Å²) in [6.07, 6.45) is 0.365. The van der Waals surface area contributed by atoms with E-state index >= 15 is 4.39 Å². The van der Waals surface area contributed by atoms with Crippen LogP contribution in [-0.2, 0) is 26.2 Å². The number of ether oxygens (including phenoxy) is 1. The molecule has 0 aliphatic carbocycles. The Balaban J connectivity index is 1.30. The molecule has 190 valence electrons. The molecule has 0 aromatic heterocycles. The van der Waals surface area contributed by atoms with Gasteiger partial charge in [0.2, 0.25) is 21.8 Å². The fraction of sp³-hybridized carbons (Fsp3) is 0.375. The SMILES string of the molecule is COc1ccc(S(=O)(=O)N2CCN(c3cc4c(cc3F)C(=O)N(C3CCC(=O)NC3=O)C4)CC2)cc1. The van der Waals surface area contributed by atoms with Crippen LogP contribution in [0.5, 0.6) is 5.75 Å².